The van der Waals surface area contributed by atoms with Gasteiger partial charge in [-0.25, -0.2) is 0 Å². The van der Waals surface area contributed by atoms with Gasteiger partial charge in [0, 0.05) is 19.6 Å². The summed E-state index contributed by atoms with van der Waals surface area (Å²) in [5.74, 6) is 0.0314. The molecule has 4 heteroatoms. The molecule has 0 atom stereocenters. The molecule has 2 rings (SSSR count). The van der Waals surface area contributed by atoms with Crippen LogP contribution in [0.3, 0.4) is 0 Å². The maximum Gasteiger partial charge on any atom is 0.226 e. The number of hydrogen-bond acceptors (Lipinski definition) is 3. The third kappa shape index (κ3) is 3.08. The lowest BCUT2D eigenvalue weighted by atomic mass is 9.62. The lowest BCUT2D eigenvalue weighted by Gasteiger charge is -2.44. The van der Waals surface area contributed by atoms with Crippen LogP contribution in [0.15, 0.2) is 30.3 Å². The summed E-state index contributed by atoms with van der Waals surface area (Å²) < 4.78 is 0. The zero-order chi connectivity index (χ0) is 15.5. The van der Waals surface area contributed by atoms with Crippen molar-refractivity contribution in [2.45, 2.75) is 38.1 Å². The van der Waals surface area contributed by atoms with Crippen LogP contribution in [0, 0.1) is 16.7 Å². The summed E-state index contributed by atoms with van der Waals surface area (Å²) in [5, 5.41) is 15.6. The molecule has 1 aromatic carbocycles. The molecule has 1 aliphatic rings. The molecule has 1 fully saturated rings. The predicted octanol–water partition coefficient (Wildman–Crippen LogP) is 1.97. The summed E-state index contributed by atoms with van der Waals surface area (Å²) in [6.07, 6.45) is 1.61. The van der Waals surface area contributed by atoms with Gasteiger partial charge in [-0.1, -0.05) is 30.3 Å². The fourth-order valence-corrected chi connectivity index (χ4v) is 2.89. The highest BCUT2D eigenvalue weighted by atomic mass is 16.2. The van der Waals surface area contributed by atoms with Gasteiger partial charge in [0.05, 0.1) is 16.9 Å². The van der Waals surface area contributed by atoms with E-state index in [2.05, 4.69) is 16.7 Å². The molecule has 0 aromatic heterocycles. The molecule has 21 heavy (non-hydrogen) atoms. The molecule has 0 saturated heterocycles. The predicted molar refractivity (Wildman–Crippen MR) is 82.6 cm³/mol. The van der Waals surface area contributed by atoms with Crippen molar-refractivity contribution in [3.63, 3.8) is 0 Å². The van der Waals surface area contributed by atoms with Crippen LogP contribution in [0.25, 0.3) is 0 Å². The highest BCUT2D eigenvalue weighted by Crippen LogP contribution is 2.43. The maximum atomic E-state index is 11.8. The van der Waals surface area contributed by atoms with Crippen molar-refractivity contribution < 1.29 is 4.79 Å². The van der Waals surface area contributed by atoms with Gasteiger partial charge in [-0.3, -0.25) is 4.79 Å². The van der Waals surface area contributed by atoms with Gasteiger partial charge in [0.25, 0.3) is 0 Å². The number of hydrogen-bond donors (Lipinski definition) is 2. The van der Waals surface area contributed by atoms with E-state index in [0.717, 1.165) is 18.4 Å². The van der Waals surface area contributed by atoms with Crippen LogP contribution in [-0.2, 0) is 10.2 Å². The quantitative estimate of drug-likeness (QED) is 0.869. The lowest BCUT2D eigenvalue weighted by molar-refractivity contribution is -0.128. The number of nitrogens with one attached hydrogen (secondary N) is 2. The molecular formula is C17H23N3O. The van der Waals surface area contributed by atoms with Crippen molar-refractivity contribution in [2.75, 3.05) is 13.6 Å². The average Bonchev–Trinajstić information content (AvgIpc) is 2.46. The summed E-state index contributed by atoms with van der Waals surface area (Å²) in [5.41, 5.74) is 0.291. The smallest absolute Gasteiger partial charge is 0.226 e. The Labute approximate surface area is 126 Å². The number of rotatable bonds is 5. The van der Waals surface area contributed by atoms with E-state index >= 15 is 0 Å². The van der Waals surface area contributed by atoms with Gasteiger partial charge in [0.1, 0.15) is 0 Å². The summed E-state index contributed by atoms with van der Waals surface area (Å²) in [6, 6.07) is 12.7. The third-order valence-electron chi connectivity index (χ3n) is 4.40. The van der Waals surface area contributed by atoms with Crippen molar-refractivity contribution in [3.05, 3.63) is 35.9 Å². The van der Waals surface area contributed by atoms with Crippen molar-refractivity contribution in [1.29, 1.82) is 5.26 Å². The largest absolute Gasteiger partial charge is 0.359 e. The molecule has 0 heterocycles. The molecule has 112 valence electrons. The molecule has 4 nitrogen and oxygen atoms in total. The summed E-state index contributed by atoms with van der Waals surface area (Å²) in [7, 11) is 1.66. The minimum absolute atomic E-state index is 0.0314. The third-order valence-corrected chi connectivity index (χ3v) is 4.40. The summed E-state index contributed by atoms with van der Waals surface area (Å²) in [4.78, 5) is 11.8. The number of carbonyl (C=O) groups excluding carboxylic acids is 1. The van der Waals surface area contributed by atoms with E-state index in [4.69, 9.17) is 0 Å². The van der Waals surface area contributed by atoms with Crippen LogP contribution in [-0.4, -0.2) is 25.5 Å². The zero-order valence-corrected chi connectivity index (χ0v) is 12.9. The standard InChI is InChI=1S/C17H23N3O/c1-16(2,15(21)19-3)12-20-14-9-17(10-14,11-18)13-7-5-4-6-8-13/h4-8,14,20H,9-10,12H2,1-3H3,(H,19,21). The molecule has 0 aliphatic heterocycles. The van der Waals surface area contributed by atoms with Gasteiger partial charge in [0.15, 0.2) is 0 Å². The molecule has 0 spiro atoms. The van der Waals surface area contributed by atoms with E-state index in [0.29, 0.717) is 12.6 Å². The monoisotopic (exact) mass is 285 g/mol. The van der Waals surface area contributed by atoms with E-state index in [-0.39, 0.29) is 11.3 Å². The fourth-order valence-electron chi connectivity index (χ4n) is 2.89. The van der Waals surface area contributed by atoms with Crippen molar-refractivity contribution in [1.82, 2.24) is 10.6 Å². The van der Waals surface area contributed by atoms with Crippen LogP contribution in [0.2, 0.25) is 0 Å². The Bertz CT molecular complexity index is 539. The number of benzene rings is 1. The van der Waals surface area contributed by atoms with E-state index in [1.165, 1.54) is 0 Å². The highest BCUT2D eigenvalue weighted by molar-refractivity contribution is 5.81. The van der Waals surface area contributed by atoms with Crippen LogP contribution in [0.5, 0.6) is 0 Å². The Kier molecular flexibility index (Phi) is 4.34. The normalized spacial score (nSPS) is 24.8. The van der Waals surface area contributed by atoms with Crippen LogP contribution >= 0.6 is 0 Å². The van der Waals surface area contributed by atoms with Gasteiger partial charge in [-0.05, 0) is 32.3 Å². The van der Waals surface area contributed by atoms with E-state index in [1.807, 2.05) is 44.2 Å². The minimum atomic E-state index is -0.438. The molecular weight excluding hydrogens is 262 g/mol. The van der Waals surface area contributed by atoms with Gasteiger partial charge < -0.3 is 10.6 Å². The Morgan fingerprint density at radius 1 is 1.38 bits per heavy atom. The highest BCUT2D eigenvalue weighted by Gasteiger charge is 2.46. The first kappa shape index (κ1) is 15.5. The Morgan fingerprint density at radius 3 is 2.52 bits per heavy atom. The SMILES string of the molecule is CNC(=O)C(C)(C)CNC1CC(C#N)(c2ccccc2)C1. The van der Waals surface area contributed by atoms with E-state index in [9.17, 15) is 10.1 Å². The maximum absolute atomic E-state index is 11.8. The second-order valence-corrected chi connectivity index (χ2v) is 6.51. The first-order chi connectivity index (χ1) is 9.93. The first-order valence-electron chi connectivity index (χ1n) is 7.36. The van der Waals surface area contributed by atoms with E-state index in [1.54, 1.807) is 7.05 Å². The van der Waals surface area contributed by atoms with Crippen LogP contribution < -0.4 is 10.6 Å². The van der Waals surface area contributed by atoms with Gasteiger partial charge in [-0.15, -0.1) is 0 Å². The Morgan fingerprint density at radius 2 is 2.00 bits per heavy atom. The molecule has 1 saturated carbocycles. The van der Waals surface area contributed by atoms with Crippen LogP contribution in [0.1, 0.15) is 32.3 Å². The number of amides is 1. The van der Waals surface area contributed by atoms with Crippen molar-refractivity contribution >= 4 is 5.91 Å². The minimum Gasteiger partial charge on any atom is -0.359 e. The van der Waals surface area contributed by atoms with Crippen molar-refractivity contribution in [2.24, 2.45) is 5.41 Å². The second kappa shape index (κ2) is 5.87. The fraction of sp³-hybridized carbons (Fsp3) is 0.529. The molecule has 0 unspecified atom stereocenters. The lowest BCUT2D eigenvalue weighted by Crippen LogP contribution is -2.54. The molecule has 1 amide bonds. The van der Waals surface area contributed by atoms with Gasteiger partial charge in [-0.2, -0.15) is 5.26 Å². The number of nitriles is 1. The Hall–Kier alpha value is -1.86. The molecule has 1 aliphatic carbocycles. The molecule has 2 N–H and O–H groups in total. The molecule has 0 radical (unpaired) electrons. The molecule has 0 bridgehead atoms. The average molecular weight is 285 g/mol. The summed E-state index contributed by atoms with van der Waals surface area (Å²) >= 11 is 0. The summed E-state index contributed by atoms with van der Waals surface area (Å²) in [6.45, 7) is 4.46. The zero-order valence-electron chi connectivity index (χ0n) is 12.9. The van der Waals surface area contributed by atoms with E-state index < -0.39 is 5.41 Å². The second-order valence-electron chi connectivity index (χ2n) is 6.51. The van der Waals surface area contributed by atoms with Crippen molar-refractivity contribution in [3.8, 4) is 6.07 Å². The Balaban J connectivity index is 1.92. The van der Waals surface area contributed by atoms with Gasteiger partial charge >= 0.3 is 0 Å². The first-order valence-corrected chi connectivity index (χ1v) is 7.36. The van der Waals surface area contributed by atoms with Crippen LogP contribution in [0.4, 0.5) is 0 Å². The number of carbonyl (C=O) groups is 1. The number of nitrogens with zero attached hydrogens (tertiary/aromatic N) is 1. The van der Waals surface area contributed by atoms with Gasteiger partial charge in [0.2, 0.25) is 5.91 Å². The molecule has 1 aromatic rings. The topological polar surface area (TPSA) is 64.9 Å².